The molecule has 0 saturated heterocycles. The van der Waals surface area contributed by atoms with Crippen LogP contribution in [0.5, 0.6) is 0 Å². The van der Waals surface area contributed by atoms with Crippen molar-refractivity contribution in [2.24, 2.45) is 10.5 Å². The Morgan fingerprint density at radius 1 is 1.03 bits per heavy atom. The number of para-hydroxylation sites is 2. The van der Waals surface area contributed by atoms with E-state index in [-0.39, 0.29) is 16.7 Å². The SMILES string of the molecule is COC(=O)c1ccccc1NC(=O)c1oc2c(c1C)/C(=N\Nc1ccccc1)CC(C)(C)C2. The van der Waals surface area contributed by atoms with Crippen molar-refractivity contribution in [2.75, 3.05) is 17.9 Å². The molecule has 4 rings (SSSR count). The van der Waals surface area contributed by atoms with Crippen LogP contribution >= 0.6 is 0 Å². The van der Waals surface area contributed by atoms with Crippen molar-refractivity contribution in [3.05, 3.63) is 82.8 Å². The highest BCUT2D eigenvalue weighted by molar-refractivity contribution is 6.11. The maximum Gasteiger partial charge on any atom is 0.339 e. The first-order valence-corrected chi connectivity index (χ1v) is 10.8. The number of esters is 1. The van der Waals surface area contributed by atoms with E-state index in [0.717, 1.165) is 34.7 Å². The Bertz CT molecular complexity index is 1230. The molecule has 0 bridgehead atoms. The van der Waals surface area contributed by atoms with Crippen LogP contribution in [0.4, 0.5) is 11.4 Å². The second-order valence-corrected chi connectivity index (χ2v) is 8.90. The van der Waals surface area contributed by atoms with Gasteiger partial charge >= 0.3 is 5.97 Å². The summed E-state index contributed by atoms with van der Waals surface area (Å²) in [6, 6.07) is 16.4. The number of carbonyl (C=O) groups is 2. The fraction of sp³-hybridized carbons (Fsp3) is 0.269. The van der Waals surface area contributed by atoms with Gasteiger partial charge in [0.2, 0.25) is 0 Å². The zero-order chi connectivity index (χ0) is 23.6. The molecule has 0 spiro atoms. The van der Waals surface area contributed by atoms with E-state index in [2.05, 4.69) is 29.7 Å². The minimum absolute atomic E-state index is 0.0697. The molecular formula is C26H27N3O4. The molecule has 2 N–H and O–H groups in total. The Morgan fingerprint density at radius 2 is 1.73 bits per heavy atom. The van der Waals surface area contributed by atoms with Crippen molar-refractivity contribution in [1.29, 1.82) is 0 Å². The molecule has 0 radical (unpaired) electrons. The number of methoxy groups -OCH3 is 1. The molecule has 7 nitrogen and oxygen atoms in total. The highest BCUT2D eigenvalue weighted by Crippen LogP contribution is 2.39. The van der Waals surface area contributed by atoms with Crippen LogP contribution in [0.15, 0.2) is 64.1 Å². The number of amides is 1. The number of hydrogen-bond donors (Lipinski definition) is 2. The number of hydrazone groups is 1. The van der Waals surface area contributed by atoms with Gasteiger partial charge in [-0.1, -0.05) is 44.2 Å². The van der Waals surface area contributed by atoms with Crippen molar-refractivity contribution in [3.63, 3.8) is 0 Å². The van der Waals surface area contributed by atoms with E-state index in [1.54, 1.807) is 24.3 Å². The fourth-order valence-corrected chi connectivity index (χ4v) is 4.13. The molecular weight excluding hydrogens is 418 g/mol. The lowest BCUT2D eigenvalue weighted by molar-refractivity contribution is 0.0602. The lowest BCUT2D eigenvalue weighted by Crippen LogP contribution is -2.27. The molecule has 1 aliphatic rings. The second-order valence-electron chi connectivity index (χ2n) is 8.90. The van der Waals surface area contributed by atoms with E-state index in [9.17, 15) is 9.59 Å². The topological polar surface area (TPSA) is 92.9 Å². The van der Waals surface area contributed by atoms with Gasteiger partial charge in [0.1, 0.15) is 5.76 Å². The molecule has 1 heterocycles. The Labute approximate surface area is 192 Å². The quantitative estimate of drug-likeness (QED) is 0.404. The summed E-state index contributed by atoms with van der Waals surface area (Å²) < 4.78 is 10.9. The predicted octanol–water partition coefficient (Wildman–Crippen LogP) is 5.42. The van der Waals surface area contributed by atoms with Gasteiger partial charge in [0, 0.05) is 17.5 Å². The monoisotopic (exact) mass is 445 g/mol. The van der Waals surface area contributed by atoms with Crippen LogP contribution in [-0.2, 0) is 11.2 Å². The molecule has 0 aliphatic heterocycles. The standard InChI is InChI=1S/C26H27N3O4/c1-16-22-20(29-28-17-10-6-5-7-11-17)14-26(2,3)15-21(22)33-23(16)24(30)27-19-13-9-8-12-18(19)25(31)32-4/h5-13,28H,14-15H2,1-4H3,(H,27,30)/b29-20-. The lowest BCUT2D eigenvalue weighted by Gasteiger charge is -2.29. The first-order chi connectivity index (χ1) is 15.8. The molecule has 7 heteroatoms. The number of rotatable bonds is 5. The summed E-state index contributed by atoms with van der Waals surface area (Å²) in [6.07, 6.45) is 1.44. The largest absolute Gasteiger partial charge is 0.465 e. The van der Waals surface area contributed by atoms with Gasteiger partial charge in [0.25, 0.3) is 5.91 Å². The average Bonchev–Trinajstić information content (AvgIpc) is 3.13. The average molecular weight is 446 g/mol. The number of benzene rings is 2. The van der Waals surface area contributed by atoms with Gasteiger partial charge in [-0.2, -0.15) is 5.10 Å². The first kappa shape index (κ1) is 22.3. The molecule has 2 aromatic carbocycles. The van der Waals surface area contributed by atoms with E-state index in [1.165, 1.54) is 7.11 Å². The Hall–Kier alpha value is -3.87. The highest BCUT2D eigenvalue weighted by atomic mass is 16.5. The molecule has 0 atom stereocenters. The second kappa shape index (κ2) is 8.94. The number of ether oxygens (including phenoxy) is 1. The van der Waals surface area contributed by atoms with Crippen LogP contribution in [0, 0.1) is 12.3 Å². The van der Waals surface area contributed by atoms with Gasteiger partial charge in [-0.3, -0.25) is 10.2 Å². The maximum absolute atomic E-state index is 13.2. The number of nitrogens with zero attached hydrogens (tertiary/aromatic N) is 1. The number of furan rings is 1. The van der Waals surface area contributed by atoms with Crippen LogP contribution in [-0.4, -0.2) is 24.7 Å². The summed E-state index contributed by atoms with van der Waals surface area (Å²) in [7, 11) is 1.30. The molecule has 1 aromatic heterocycles. The van der Waals surface area contributed by atoms with Gasteiger partial charge in [-0.15, -0.1) is 0 Å². The van der Waals surface area contributed by atoms with E-state index in [1.807, 2.05) is 37.3 Å². The van der Waals surface area contributed by atoms with Crippen LogP contribution in [0.1, 0.15) is 58.1 Å². The van der Waals surface area contributed by atoms with Gasteiger partial charge < -0.3 is 14.5 Å². The Morgan fingerprint density at radius 3 is 2.45 bits per heavy atom. The van der Waals surface area contributed by atoms with Gasteiger partial charge in [0.15, 0.2) is 5.76 Å². The van der Waals surface area contributed by atoms with Gasteiger partial charge in [0.05, 0.1) is 29.8 Å². The normalized spacial score (nSPS) is 15.6. The zero-order valence-corrected chi connectivity index (χ0v) is 19.2. The summed E-state index contributed by atoms with van der Waals surface area (Å²) in [5.74, 6) is 0.00416. The predicted molar refractivity (Wildman–Crippen MR) is 128 cm³/mol. The molecule has 0 fully saturated rings. The first-order valence-electron chi connectivity index (χ1n) is 10.8. The lowest BCUT2D eigenvalue weighted by atomic mass is 9.75. The van der Waals surface area contributed by atoms with Crippen molar-refractivity contribution in [2.45, 2.75) is 33.6 Å². The van der Waals surface area contributed by atoms with Crippen molar-refractivity contribution < 1.29 is 18.7 Å². The van der Waals surface area contributed by atoms with E-state index in [0.29, 0.717) is 12.1 Å². The molecule has 33 heavy (non-hydrogen) atoms. The minimum Gasteiger partial charge on any atom is -0.465 e. The highest BCUT2D eigenvalue weighted by Gasteiger charge is 2.36. The molecule has 0 unspecified atom stereocenters. The number of carbonyl (C=O) groups excluding carboxylic acids is 2. The number of nitrogens with one attached hydrogen (secondary N) is 2. The Balaban J connectivity index is 1.67. The maximum atomic E-state index is 13.2. The molecule has 0 saturated carbocycles. The molecule has 170 valence electrons. The molecule has 3 aromatic rings. The van der Waals surface area contributed by atoms with Gasteiger partial charge in [-0.25, -0.2) is 4.79 Å². The number of anilines is 2. The van der Waals surface area contributed by atoms with Gasteiger partial charge in [-0.05, 0) is 43.0 Å². The Kier molecular flexibility index (Phi) is 6.05. The summed E-state index contributed by atoms with van der Waals surface area (Å²) in [6.45, 7) is 6.16. The summed E-state index contributed by atoms with van der Waals surface area (Å²) >= 11 is 0. The van der Waals surface area contributed by atoms with Crippen LogP contribution in [0.25, 0.3) is 0 Å². The van der Waals surface area contributed by atoms with E-state index < -0.39 is 11.9 Å². The third kappa shape index (κ3) is 4.67. The third-order valence-electron chi connectivity index (χ3n) is 5.67. The summed E-state index contributed by atoms with van der Waals surface area (Å²) in [5, 5.41) is 7.47. The molecule has 1 aliphatic carbocycles. The number of fused-ring (bicyclic) bond motifs is 1. The van der Waals surface area contributed by atoms with E-state index >= 15 is 0 Å². The fourth-order valence-electron chi connectivity index (χ4n) is 4.13. The number of hydrogen-bond acceptors (Lipinski definition) is 6. The summed E-state index contributed by atoms with van der Waals surface area (Å²) in [5.41, 5.74) is 7.01. The molecule has 1 amide bonds. The minimum atomic E-state index is -0.524. The van der Waals surface area contributed by atoms with Crippen molar-refractivity contribution in [1.82, 2.24) is 0 Å². The smallest absolute Gasteiger partial charge is 0.339 e. The van der Waals surface area contributed by atoms with Crippen molar-refractivity contribution in [3.8, 4) is 0 Å². The van der Waals surface area contributed by atoms with E-state index in [4.69, 9.17) is 9.15 Å². The van der Waals surface area contributed by atoms with Crippen LogP contribution in [0.2, 0.25) is 0 Å². The van der Waals surface area contributed by atoms with Crippen LogP contribution in [0.3, 0.4) is 0 Å². The third-order valence-corrected chi connectivity index (χ3v) is 5.67. The summed E-state index contributed by atoms with van der Waals surface area (Å²) in [4.78, 5) is 25.2. The zero-order valence-electron chi connectivity index (χ0n) is 19.2. The van der Waals surface area contributed by atoms with Crippen LogP contribution < -0.4 is 10.7 Å². The van der Waals surface area contributed by atoms with Crippen molar-refractivity contribution >= 4 is 29.0 Å².